The zero-order valence-corrected chi connectivity index (χ0v) is 18.5. The summed E-state index contributed by atoms with van der Waals surface area (Å²) in [6.45, 7) is 19.3. The molecule has 0 unspecified atom stereocenters. The zero-order chi connectivity index (χ0) is 17.3. The molecule has 0 aromatic rings. The number of carbonyl (C=O) groups is 1. The molecule has 1 heterocycles. The van der Waals surface area contributed by atoms with Crippen LogP contribution in [0.4, 0.5) is 0 Å². The Labute approximate surface area is 138 Å². The molecule has 3 atom stereocenters. The molecule has 8 heteroatoms. The highest BCUT2D eigenvalue weighted by Gasteiger charge is 2.49. The summed E-state index contributed by atoms with van der Waals surface area (Å²) in [4.78, 5) is 12.2. The van der Waals surface area contributed by atoms with E-state index in [9.17, 15) is 4.79 Å². The van der Waals surface area contributed by atoms with Crippen LogP contribution in [-0.2, 0) is 22.8 Å². The van der Waals surface area contributed by atoms with E-state index in [0.717, 1.165) is 0 Å². The van der Waals surface area contributed by atoms with Gasteiger partial charge < -0.3 is 18.0 Å². The Kier molecular flexibility index (Phi) is 6.25. The lowest BCUT2D eigenvalue weighted by Crippen LogP contribution is -2.48. The van der Waals surface area contributed by atoms with E-state index in [4.69, 9.17) is 18.0 Å². The Morgan fingerprint density at radius 2 is 1.36 bits per heavy atom. The van der Waals surface area contributed by atoms with E-state index in [1.807, 2.05) is 0 Å². The van der Waals surface area contributed by atoms with Crippen molar-refractivity contribution in [1.82, 2.24) is 0 Å². The van der Waals surface area contributed by atoms with Gasteiger partial charge in [-0.25, -0.2) is 4.79 Å². The molecule has 1 rings (SSSR count). The topological polar surface area (TPSA) is 54.0 Å². The maximum atomic E-state index is 12.2. The number of carbonyl (C=O) groups excluding carboxylic acids is 1. The van der Waals surface area contributed by atoms with Gasteiger partial charge in [-0.05, 0) is 58.9 Å². The molecule has 0 N–H and O–H groups in total. The van der Waals surface area contributed by atoms with E-state index >= 15 is 0 Å². The van der Waals surface area contributed by atoms with Crippen LogP contribution in [0.5, 0.6) is 0 Å². The van der Waals surface area contributed by atoms with E-state index < -0.39 is 31.1 Å². The van der Waals surface area contributed by atoms with Gasteiger partial charge in [0.25, 0.3) is 0 Å². The highest BCUT2D eigenvalue weighted by molar-refractivity contribution is 6.70. The van der Waals surface area contributed by atoms with Gasteiger partial charge in [0, 0.05) is 0 Å². The summed E-state index contributed by atoms with van der Waals surface area (Å²) < 4.78 is 23.7. The summed E-state index contributed by atoms with van der Waals surface area (Å²) in [7, 11) is -5.37. The Morgan fingerprint density at radius 1 is 0.864 bits per heavy atom. The van der Waals surface area contributed by atoms with Crippen molar-refractivity contribution >= 4 is 30.9 Å². The monoisotopic (exact) mass is 364 g/mol. The Balaban J connectivity index is 2.89. The van der Waals surface area contributed by atoms with Gasteiger partial charge in [0.1, 0.15) is 6.10 Å². The first-order valence-electron chi connectivity index (χ1n) is 7.88. The minimum atomic E-state index is -1.87. The first-order chi connectivity index (χ1) is 9.68. The Morgan fingerprint density at radius 3 is 1.77 bits per heavy atom. The van der Waals surface area contributed by atoms with Crippen LogP contribution in [-0.4, -0.2) is 55.8 Å². The Hall–Kier alpha value is 0.000649. The highest BCUT2D eigenvalue weighted by Crippen LogP contribution is 2.28. The second kappa shape index (κ2) is 6.86. The molecular formula is C14H32O5Si3. The summed E-state index contributed by atoms with van der Waals surface area (Å²) in [5.41, 5.74) is 0. The third-order valence-corrected chi connectivity index (χ3v) is 5.79. The van der Waals surface area contributed by atoms with Gasteiger partial charge in [-0.1, -0.05) is 0 Å². The van der Waals surface area contributed by atoms with Crippen molar-refractivity contribution in [2.24, 2.45) is 0 Å². The zero-order valence-electron chi connectivity index (χ0n) is 15.5. The molecule has 22 heavy (non-hydrogen) atoms. The van der Waals surface area contributed by atoms with Crippen LogP contribution < -0.4 is 0 Å². The van der Waals surface area contributed by atoms with Gasteiger partial charge >= 0.3 is 5.97 Å². The van der Waals surface area contributed by atoms with Gasteiger partial charge in [0.15, 0.2) is 37.2 Å². The minimum Gasteiger partial charge on any atom is -0.455 e. The van der Waals surface area contributed by atoms with Gasteiger partial charge in [0.2, 0.25) is 0 Å². The molecule has 0 bridgehead atoms. The molecule has 130 valence electrons. The number of hydrogen-bond donors (Lipinski definition) is 0. The fourth-order valence-electron chi connectivity index (χ4n) is 2.12. The van der Waals surface area contributed by atoms with E-state index in [1.165, 1.54) is 0 Å². The SMILES string of the molecule is C[Si](C)(C)OC[C@@H]1OC(=O)[C@@H](O[Si](C)(C)C)[C@H]1O[Si](C)(C)C. The average Bonchev–Trinajstić information content (AvgIpc) is 2.49. The lowest BCUT2D eigenvalue weighted by molar-refractivity contribution is -0.147. The van der Waals surface area contributed by atoms with Crippen molar-refractivity contribution in [2.45, 2.75) is 77.2 Å². The molecule has 1 aliphatic rings. The molecule has 0 aromatic heterocycles. The van der Waals surface area contributed by atoms with Crippen molar-refractivity contribution in [3.05, 3.63) is 0 Å². The summed E-state index contributed by atoms with van der Waals surface area (Å²) >= 11 is 0. The first-order valence-corrected chi connectivity index (χ1v) is 18.1. The van der Waals surface area contributed by atoms with Crippen molar-refractivity contribution < 1.29 is 22.8 Å². The first kappa shape index (κ1) is 20.0. The van der Waals surface area contributed by atoms with Gasteiger partial charge in [-0.3, -0.25) is 0 Å². The van der Waals surface area contributed by atoms with Crippen LogP contribution in [0.1, 0.15) is 0 Å². The second-order valence-electron chi connectivity index (χ2n) is 8.74. The molecular weight excluding hydrogens is 332 g/mol. The van der Waals surface area contributed by atoms with Crippen LogP contribution in [0.3, 0.4) is 0 Å². The molecule has 0 saturated carbocycles. The predicted octanol–water partition coefficient (Wildman–Crippen LogP) is 3.20. The standard InChI is InChI=1S/C14H32O5Si3/c1-20(2,3)16-10-11-12(18-21(4,5)6)13(14(15)17-11)19-22(7,8)9/h11-13H,10H2,1-9H3/t11-,12-,13-/m0/s1. The Bertz CT molecular complexity index is 395. The lowest BCUT2D eigenvalue weighted by atomic mass is 10.1. The normalized spacial score (nSPS) is 27.1. The molecule has 1 aliphatic heterocycles. The molecule has 0 amide bonds. The van der Waals surface area contributed by atoms with Gasteiger partial charge in [-0.15, -0.1) is 0 Å². The largest absolute Gasteiger partial charge is 0.455 e. The maximum absolute atomic E-state index is 12.2. The number of hydrogen-bond acceptors (Lipinski definition) is 5. The van der Waals surface area contributed by atoms with Crippen LogP contribution in [0.15, 0.2) is 0 Å². The van der Waals surface area contributed by atoms with Crippen molar-refractivity contribution in [2.75, 3.05) is 6.61 Å². The smallest absolute Gasteiger partial charge is 0.337 e. The summed E-state index contributed by atoms with van der Waals surface area (Å²) in [6.07, 6.45) is -1.34. The summed E-state index contributed by atoms with van der Waals surface area (Å²) in [5.74, 6) is -0.310. The fraction of sp³-hybridized carbons (Fsp3) is 0.929. The van der Waals surface area contributed by atoms with E-state index in [0.29, 0.717) is 6.61 Å². The van der Waals surface area contributed by atoms with Gasteiger partial charge in [-0.2, -0.15) is 0 Å². The lowest BCUT2D eigenvalue weighted by Gasteiger charge is -2.32. The third kappa shape index (κ3) is 7.05. The summed E-state index contributed by atoms with van der Waals surface area (Å²) in [6, 6.07) is 0. The van der Waals surface area contributed by atoms with Crippen LogP contribution in [0.2, 0.25) is 58.9 Å². The van der Waals surface area contributed by atoms with Gasteiger partial charge in [0.05, 0.1) is 6.61 Å². The molecule has 1 fully saturated rings. The van der Waals surface area contributed by atoms with E-state index in [2.05, 4.69) is 58.9 Å². The quantitative estimate of drug-likeness (QED) is 0.513. The van der Waals surface area contributed by atoms with Crippen molar-refractivity contribution in [1.29, 1.82) is 0 Å². The molecule has 0 spiro atoms. The molecule has 0 aromatic carbocycles. The maximum Gasteiger partial charge on any atom is 0.337 e. The number of cyclic esters (lactones) is 1. The molecule has 5 nitrogen and oxygen atoms in total. The summed E-state index contributed by atoms with van der Waals surface area (Å²) in [5, 5.41) is 0. The molecule has 1 saturated heterocycles. The third-order valence-electron chi connectivity index (χ3n) is 2.82. The average molecular weight is 365 g/mol. The van der Waals surface area contributed by atoms with Crippen LogP contribution >= 0.6 is 0 Å². The second-order valence-corrected chi connectivity index (χ2v) is 22.2. The number of ether oxygens (including phenoxy) is 1. The van der Waals surface area contributed by atoms with Crippen LogP contribution in [0.25, 0.3) is 0 Å². The molecule has 0 radical (unpaired) electrons. The van der Waals surface area contributed by atoms with E-state index in [-0.39, 0.29) is 18.2 Å². The highest BCUT2D eigenvalue weighted by atomic mass is 28.4. The molecule has 0 aliphatic carbocycles. The van der Waals surface area contributed by atoms with Crippen molar-refractivity contribution in [3.63, 3.8) is 0 Å². The number of rotatable bonds is 7. The minimum absolute atomic E-state index is 0.310. The van der Waals surface area contributed by atoms with Crippen molar-refractivity contribution in [3.8, 4) is 0 Å². The predicted molar refractivity (Wildman–Crippen MR) is 95.6 cm³/mol. The fourth-order valence-corrected chi connectivity index (χ4v) is 4.86. The van der Waals surface area contributed by atoms with Crippen LogP contribution in [0, 0.1) is 0 Å². The number of esters is 1. The van der Waals surface area contributed by atoms with E-state index in [1.54, 1.807) is 0 Å².